The van der Waals surface area contributed by atoms with Crippen molar-refractivity contribution in [1.82, 2.24) is 4.72 Å². The summed E-state index contributed by atoms with van der Waals surface area (Å²) in [4.78, 5) is 0. The minimum Gasteiger partial charge on any atom is -0.212 e. The third-order valence-corrected chi connectivity index (χ3v) is 4.56. The third kappa shape index (κ3) is 4.18. The molecule has 1 N–H and O–H groups in total. The van der Waals surface area contributed by atoms with E-state index in [1.807, 2.05) is 68.4 Å². The van der Waals surface area contributed by atoms with Crippen LogP contribution in [0.2, 0.25) is 0 Å². The van der Waals surface area contributed by atoms with E-state index in [1.165, 1.54) is 0 Å². The first-order chi connectivity index (χ1) is 9.46. The Hall–Kier alpha value is -1.65. The molecule has 0 heterocycles. The first-order valence-electron chi connectivity index (χ1n) is 6.57. The number of rotatable bonds is 5. The summed E-state index contributed by atoms with van der Waals surface area (Å²) in [5, 5.41) is 0. The Morgan fingerprint density at radius 3 is 2.20 bits per heavy atom. The van der Waals surface area contributed by atoms with Crippen LogP contribution < -0.4 is 4.72 Å². The summed E-state index contributed by atoms with van der Waals surface area (Å²) in [6, 6.07) is 16.9. The van der Waals surface area contributed by atoms with Crippen molar-refractivity contribution in [2.45, 2.75) is 25.6 Å². The van der Waals surface area contributed by atoms with E-state index in [2.05, 4.69) is 4.72 Å². The largest absolute Gasteiger partial charge is 0.216 e. The monoisotopic (exact) mass is 289 g/mol. The molecule has 0 aliphatic heterocycles. The van der Waals surface area contributed by atoms with Gasteiger partial charge in [0.1, 0.15) is 0 Å². The van der Waals surface area contributed by atoms with E-state index in [9.17, 15) is 8.42 Å². The Morgan fingerprint density at radius 2 is 1.60 bits per heavy atom. The highest BCUT2D eigenvalue weighted by molar-refractivity contribution is 7.88. The normalized spacial score (nSPS) is 13.1. The van der Waals surface area contributed by atoms with E-state index >= 15 is 0 Å². The molecular weight excluding hydrogens is 270 g/mol. The van der Waals surface area contributed by atoms with Crippen LogP contribution in [0.25, 0.3) is 0 Å². The summed E-state index contributed by atoms with van der Waals surface area (Å²) in [6.45, 7) is 3.83. The van der Waals surface area contributed by atoms with Crippen molar-refractivity contribution >= 4 is 10.0 Å². The molecule has 2 aromatic rings. The van der Waals surface area contributed by atoms with Gasteiger partial charge in [0, 0.05) is 6.04 Å². The predicted molar refractivity (Wildman–Crippen MR) is 81.8 cm³/mol. The third-order valence-electron chi connectivity index (χ3n) is 3.13. The Kier molecular flexibility index (Phi) is 4.57. The van der Waals surface area contributed by atoms with Crippen molar-refractivity contribution < 1.29 is 8.42 Å². The van der Waals surface area contributed by atoms with Gasteiger partial charge < -0.3 is 0 Å². The van der Waals surface area contributed by atoms with E-state index in [-0.39, 0.29) is 11.8 Å². The van der Waals surface area contributed by atoms with Crippen LogP contribution in [0.15, 0.2) is 54.6 Å². The molecule has 0 spiro atoms. The smallest absolute Gasteiger partial charge is 0.212 e. The molecule has 2 aromatic carbocycles. The molecule has 106 valence electrons. The standard InChI is InChI=1S/C16H19NO2S/c1-13-8-10-15(11-9-13)12-20(18,19)17-14(2)16-6-4-3-5-7-16/h3-11,14,17H,12H2,1-2H3/t14-/m0/s1. The maximum Gasteiger partial charge on any atom is 0.216 e. The zero-order valence-electron chi connectivity index (χ0n) is 11.7. The van der Waals surface area contributed by atoms with Crippen LogP contribution in [-0.2, 0) is 15.8 Å². The van der Waals surface area contributed by atoms with E-state index in [0.29, 0.717) is 0 Å². The molecule has 0 aliphatic rings. The predicted octanol–water partition coefficient (Wildman–Crippen LogP) is 3.18. The fraction of sp³-hybridized carbons (Fsp3) is 0.250. The lowest BCUT2D eigenvalue weighted by Crippen LogP contribution is -2.28. The topological polar surface area (TPSA) is 46.2 Å². The summed E-state index contributed by atoms with van der Waals surface area (Å²) in [5.74, 6) is 0.00442. The summed E-state index contributed by atoms with van der Waals surface area (Å²) >= 11 is 0. The number of aryl methyl sites for hydroxylation is 1. The van der Waals surface area contributed by atoms with Crippen molar-refractivity contribution in [2.24, 2.45) is 0 Å². The molecule has 0 amide bonds. The molecular formula is C16H19NO2S. The molecule has 0 saturated heterocycles. The quantitative estimate of drug-likeness (QED) is 0.919. The maximum absolute atomic E-state index is 12.2. The van der Waals surface area contributed by atoms with Crippen molar-refractivity contribution in [3.63, 3.8) is 0 Å². The van der Waals surface area contributed by atoms with Gasteiger partial charge in [-0.25, -0.2) is 13.1 Å². The molecule has 0 radical (unpaired) electrons. The van der Waals surface area contributed by atoms with Gasteiger partial charge in [-0.3, -0.25) is 0 Å². The molecule has 0 unspecified atom stereocenters. The second kappa shape index (κ2) is 6.20. The summed E-state index contributed by atoms with van der Waals surface area (Å²) in [7, 11) is -3.34. The fourth-order valence-corrected chi connectivity index (χ4v) is 3.41. The molecule has 3 nitrogen and oxygen atoms in total. The van der Waals surface area contributed by atoms with Crippen molar-refractivity contribution in [2.75, 3.05) is 0 Å². The number of sulfonamides is 1. The number of hydrogen-bond donors (Lipinski definition) is 1. The average molecular weight is 289 g/mol. The van der Waals surface area contributed by atoms with E-state index in [4.69, 9.17) is 0 Å². The minimum absolute atomic E-state index is 0.00442. The van der Waals surface area contributed by atoms with Gasteiger partial charge in [0.15, 0.2) is 0 Å². The summed E-state index contributed by atoms with van der Waals surface area (Å²) < 4.78 is 27.0. The van der Waals surface area contributed by atoms with Crippen LogP contribution >= 0.6 is 0 Å². The van der Waals surface area contributed by atoms with Crippen LogP contribution in [-0.4, -0.2) is 8.42 Å². The lowest BCUT2D eigenvalue weighted by Gasteiger charge is -2.14. The fourth-order valence-electron chi connectivity index (χ4n) is 2.02. The highest BCUT2D eigenvalue weighted by Gasteiger charge is 2.16. The highest BCUT2D eigenvalue weighted by Crippen LogP contribution is 2.14. The molecule has 0 saturated carbocycles. The van der Waals surface area contributed by atoms with Gasteiger partial charge in [-0.15, -0.1) is 0 Å². The zero-order chi connectivity index (χ0) is 14.6. The molecule has 0 fully saturated rings. The van der Waals surface area contributed by atoms with Gasteiger partial charge in [0.2, 0.25) is 10.0 Å². The SMILES string of the molecule is Cc1ccc(CS(=O)(=O)N[C@@H](C)c2ccccc2)cc1. The summed E-state index contributed by atoms with van der Waals surface area (Å²) in [5.41, 5.74) is 2.88. The van der Waals surface area contributed by atoms with Gasteiger partial charge in [-0.1, -0.05) is 60.2 Å². The number of benzene rings is 2. The molecule has 20 heavy (non-hydrogen) atoms. The van der Waals surface area contributed by atoms with Gasteiger partial charge in [-0.05, 0) is 25.0 Å². The lowest BCUT2D eigenvalue weighted by molar-refractivity contribution is 0.566. The highest BCUT2D eigenvalue weighted by atomic mass is 32.2. The van der Waals surface area contributed by atoms with Crippen LogP contribution in [0.4, 0.5) is 0 Å². The Labute approximate surface area is 120 Å². The molecule has 0 aliphatic carbocycles. The van der Waals surface area contributed by atoms with Gasteiger partial charge in [-0.2, -0.15) is 0 Å². The van der Waals surface area contributed by atoms with Crippen LogP contribution in [0.3, 0.4) is 0 Å². The van der Waals surface area contributed by atoms with Crippen molar-refractivity contribution in [3.8, 4) is 0 Å². The van der Waals surface area contributed by atoms with Gasteiger partial charge >= 0.3 is 0 Å². The maximum atomic E-state index is 12.2. The first-order valence-corrected chi connectivity index (χ1v) is 8.22. The van der Waals surface area contributed by atoms with E-state index in [0.717, 1.165) is 16.7 Å². The Bertz CT molecular complexity index is 649. The van der Waals surface area contributed by atoms with Gasteiger partial charge in [0.05, 0.1) is 5.75 Å². The van der Waals surface area contributed by atoms with Gasteiger partial charge in [0.25, 0.3) is 0 Å². The Morgan fingerprint density at radius 1 is 1.00 bits per heavy atom. The van der Waals surface area contributed by atoms with E-state index in [1.54, 1.807) is 0 Å². The second-order valence-corrected chi connectivity index (χ2v) is 6.75. The molecule has 1 atom stereocenters. The van der Waals surface area contributed by atoms with Crippen LogP contribution in [0, 0.1) is 6.92 Å². The van der Waals surface area contributed by atoms with Crippen LogP contribution in [0.1, 0.15) is 29.7 Å². The number of nitrogens with one attached hydrogen (secondary N) is 1. The molecule has 0 aromatic heterocycles. The average Bonchev–Trinajstić information content (AvgIpc) is 2.41. The molecule has 0 bridgehead atoms. The first kappa shape index (κ1) is 14.8. The van der Waals surface area contributed by atoms with Crippen molar-refractivity contribution in [1.29, 1.82) is 0 Å². The minimum atomic E-state index is -3.34. The zero-order valence-corrected chi connectivity index (χ0v) is 12.5. The molecule has 4 heteroatoms. The van der Waals surface area contributed by atoms with Crippen LogP contribution in [0.5, 0.6) is 0 Å². The van der Waals surface area contributed by atoms with E-state index < -0.39 is 10.0 Å². The van der Waals surface area contributed by atoms with Crippen molar-refractivity contribution in [3.05, 3.63) is 71.3 Å². The Balaban J connectivity index is 2.06. The second-order valence-electron chi connectivity index (χ2n) is 4.99. The number of hydrogen-bond acceptors (Lipinski definition) is 2. The molecule has 2 rings (SSSR count). The summed E-state index contributed by atoms with van der Waals surface area (Å²) in [6.07, 6.45) is 0. The lowest BCUT2D eigenvalue weighted by atomic mass is 10.1.